The molecule has 0 aliphatic heterocycles. The third-order valence-corrected chi connectivity index (χ3v) is 3.30. The van der Waals surface area contributed by atoms with Crippen LogP contribution in [0.5, 0.6) is 0 Å². The summed E-state index contributed by atoms with van der Waals surface area (Å²) in [6.07, 6.45) is 0.971. The van der Waals surface area contributed by atoms with Gasteiger partial charge in [-0.05, 0) is 44.8 Å². The second kappa shape index (κ2) is 6.94. The van der Waals surface area contributed by atoms with Gasteiger partial charge in [0.05, 0.1) is 0 Å². The number of nitrogens with one attached hydrogen (secondary N) is 2. The molecule has 2 nitrogen and oxygen atoms in total. The third-order valence-electron chi connectivity index (χ3n) is 3.07. The molecule has 0 amide bonds. The summed E-state index contributed by atoms with van der Waals surface area (Å²) in [6, 6.07) is 4.68. The molecular weight excluding hydrogens is 239 g/mol. The van der Waals surface area contributed by atoms with Crippen LogP contribution in [0.25, 0.3) is 0 Å². The Balaban J connectivity index is 3.02. The number of hydrogen-bond acceptors (Lipinski definition) is 2. The topological polar surface area (TPSA) is 24.1 Å². The fourth-order valence-corrected chi connectivity index (χ4v) is 2.34. The minimum atomic E-state index is -0.205. The van der Waals surface area contributed by atoms with E-state index in [1.807, 2.05) is 14.1 Å². The molecule has 4 heteroatoms. The Morgan fingerprint density at radius 1 is 1.35 bits per heavy atom. The van der Waals surface area contributed by atoms with Crippen molar-refractivity contribution in [3.63, 3.8) is 0 Å². The predicted molar refractivity (Wildman–Crippen MR) is 70.9 cm³/mol. The van der Waals surface area contributed by atoms with Gasteiger partial charge in [0, 0.05) is 16.6 Å². The molecule has 0 aromatic heterocycles. The van der Waals surface area contributed by atoms with E-state index in [1.54, 1.807) is 12.1 Å². The predicted octanol–water partition coefficient (Wildman–Crippen LogP) is 2.99. The number of benzene rings is 1. The van der Waals surface area contributed by atoms with E-state index in [2.05, 4.69) is 17.6 Å². The van der Waals surface area contributed by atoms with Crippen molar-refractivity contribution in [3.05, 3.63) is 34.6 Å². The van der Waals surface area contributed by atoms with Gasteiger partial charge < -0.3 is 10.6 Å². The molecule has 17 heavy (non-hydrogen) atoms. The van der Waals surface area contributed by atoms with Crippen LogP contribution >= 0.6 is 11.6 Å². The average molecular weight is 259 g/mol. The summed E-state index contributed by atoms with van der Waals surface area (Å²) < 4.78 is 13.8. The molecule has 0 fully saturated rings. The lowest BCUT2D eigenvalue weighted by molar-refractivity contribution is 0.350. The van der Waals surface area contributed by atoms with E-state index in [1.165, 1.54) is 6.07 Å². The number of hydrogen-bond donors (Lipinski definition) is 2. The zero-order chi connectivity index (χ0) is 12.8. The third kappa shape index (κ3) is 3.66. The molecule has 2 unspecified atom stereocenters. The van der Waals surface area contributed by atoms with E-state index in [0.717, 1.165) is 13.0 Å². The van der Waals surface area contributed by atoms with Gasteiger partial charge >= 0.3 is 0 Å². The standard InChI is InChI=1S/C13H20ClFN2/c1-4-9(8-16-2)13(17-3)11-7-10(14)5-6-12(11)15/h5-7,9,13,16-17H,4,8H2,1-3H3. The molecule has 0 saturated heterocycles. The highest BCUT2D eigenvalue weighted by molar-refractivity contribution is 6.30. The zero-order valence-corrected chi connectivity index (χ0v) is 11.3. The van der Waals surface area contributed by atoms with E-state index in [0.29, 0.717) is 16.5 Å². The van der Waals surface area contributed by atoms with Crippen LogP contribution in [0, 0.1) is 11.7 Å². The largest absolute Gasteiger partial charge is 0.319 e. The molecule has 0 heterocycles. The van der Waals surface area contributed by atoms with Gasteiger partial charge in [0.1, 0.15) is 5.82 Å². The van der Waals surface area contributed by atoms with Gasteiger partial charge in [-0.3, -0.25) is 0 Å². The molecule has 1 rings (SSSR count). The summed E-state index contributed by atoms with van der Waals surface area (Å²) >= 11 is 5.93. The van der Waals surface area contributed by atoms with E-state index >= 15 is 0 Å². The summed E-state index contributed by atoms with van der Waals surface area (Å²) in [4.78, 5) is 0. The van der Waals surface area contributed by atoms with Crippen LogP contribution in [-0.4, -0.2) is 20.6 Å². The quantitative estimate of drug-likeness (QED) is 0.820. The molecule has 2 N–H and O–H groups in total. The first kappa shape index (κ1) is 14.4. The highest BCUT2D eigenvalue weighted by Gasteiger charge is 2.22. The summed E-state index contributed by atoms with van der Waals surface area (Å²) in [5, 5.41) is 6.90. The SMILES string of the molecule is CCC(CNC)C(NC)c1cc(Cl)ccc1F. The maximum Gasteiger partial charge on any atom is 0.128 e. The Morgan fingerprint density at radius 2 is 2.06 bits per heavy atom. The van der Waals surface area contributed by atoms with Gasteiger partial charge in [0.15, 0.2) is 0 Å². The second-order valence-corrected chi connectivity index (χ2v) is 4.59. The molecular formula is C13H20ClFN2. The van der Waals surface area contributed by atoms with Crippen molar-refractivity contribution in [2.75, 3.05) is 20.6 Å². The van der Waals surface area contributed by atoms with Gasteiger partial charge in [-0.25, -0.2) is 4.39 Å². The molecule has 2 atom stereocenters. The highest BCUT2D eigenvalue weighted by atomic mass is 35.5. The van der Waals surface area contributed by atoms with Crippen molar-refractivity contribution in [3.8, 4) is 0 Å². The fourth-order valence-electron chi connectivity index (χ4n) is 2.16. The fraction of sp³-hybridized carbons (Fsp3) is 0.538. The molecule has 1 aromatic carbocycles. The molecule has 0 spiro atoms. The van der Waals surface area contributed by atoms with Crippen LogP contribution in [0.1, 0.15) is 24.9 Å². The minimum Gasteiger partial charge on any atom is -0.319 e. The Morgan fingerprint density at radius 3 is 2.59 bits per heavy atom. The normalized spacial score (nSPS) is 14.6. The zero-order valence-electron chi connectivity index (χ0n) is 10.6. The van der Waals surface area contributed by atoms with Crippen LogP contribution in [0.15, 0.2) is 18.2 Å². The summed E-state index contributed by atoms with van der Waals surface area (Å²) in [7, 11) is 3.76. The first-order valence-corrected chi connectivity index (χ1v) is 6.28. The van der Waals surface area contributed by atoms with Crippen molar-refractivity contribution in [2.24, 2.45) is 5.92 Å². The van der Waals surface area contributed by atoms with Gasteiger partial charge in [0.2, 0.25) is 0 Å². The molecule has 96 valence electrons. The van der Waals surface area contributed by atoms with E-state index < -0.39 is 0 Å². The maximum absolute atomic E-state index is 13.8. The monoisotopic (exact) mass is 258 g/mol. The van der Waals surface area contributed by atoms with Crippen molar-refractivity contribution >= 4 is 11.6 Å². The molecule has 1 aromatic rings. The molecule has 0 radical (unpaired) electrons. The van der Waals surface area contributed by atoms with E-state index in [-0.39, 0.29) is 11.9 Å². The lowest BCUT2D eigenvalue weighted by Crippen LogP contribution is -2.32. The highest BCUT2D eigenvalue weighted by Crippen LogP contribution is 2.28. The first-order valence-electron chi connectivity index (χ1n) is 5.90. The van der Waals surface area contributed by atoms with Crippen molar-refractivity contribution in [1.29, 1.82) is 0 Å². The molecule has 0 aliphatic rings. The Hall–Kier alpha value is -0.640. The van der Waals surface area contributed by atoms with Crippen molar-refractivity contribution in [1.82, 2.24) is 10.6 Å². The number of rotatable bonds is 6. The minimum absolute atomic E-state index is 0.0221. The van der Waals surface area contributed by atoms with E-state index in [4.69, 9.17) is 11.6 Å². The Bertz CT molecular complexity index is 357. The summed E-state index contributed by atoms with van der Waals surface area (Å²) in [5.74, 6) is 0.126. The smallest absolute Gasteiger partial charge is 0.128 e. The van der Waals surface area contributed by atoms with Crippen molar-refractivity contribution in [2.45, 2.75) is 19.4 Å². The maximum atomic E-state index is 13.8. The van der Waals surface area contributed by atoms with Crippen molar-refractivity contribution < 1.29 is 4.39 Å². The molecule has 0 bridgehead atoms. The molecule has 0 aliphatic carbocycles. The van der Waals surface area contributed by atoms with Gasteiger partial charge in [-0.2, -0.15) is 0 Å². The Labute approximate surface area is 108 Å². The summed E-state index contributed by atoms with van der Waals surface area (Å²) in [6.45, 7) is 2.95. The van der Waals surface area contributed by atoms with Crippen LogP contribution in [0.2, 0.25) is 5.02 Å². The van der Waals surface area contributed by atoms with Crippen LogP contribution < -0.4 is 10.6 Å². The number of halogens is 2. The second-order valence-electron chi connectivity index (χ2n) is 4.16. The van der Waals surface area contributed by atoms with Gasteiger partial charge in [0.25, 0.3) is 0 Å². The van der Waals surface area contributed by atoms with Gasteiger partial charge in [-0.1, -0.05) is 24.9 Å². The van der Waals surface area contributed by atoms with E-state index in [9.17, 15) is 4.39 Å². The van der Waals surface area contributed by atoms with Gasteiger partial charge in [-0.15, -0.1) is 0 Å². The van der Waals surface area contributed by atoms with Crippen LogP contribution in [-0.2, 0) is 0 Å². The van der Waals surface area contributed by atoms with Crippen LogP contribution in [0.4, 0.5) is 4.39 Å². The lowest BCUT2D eigenvalue weighted by Gasteiger charge is -2.26. The molecule has 0 saturated carbocycles. The van der Waals surface area contributed by atoms with Crippen LogP contribution in [0.3, 0.4) is 0 Å². The average Bonchev–Trinajstić information content (AvgIpc) is 2.33. The Kier molecular flexibility index (Phi) is 5.89. The summed E-state index contributed by atoms with van der Waals surface area (Å²) in [5.41, 5.74) is 0.641. The first-order chi connectivity index (χ1) is 8.13. The lowest BCUT2D eigenvalue weighted by atomic mass is 9.90.